The van der Waals surface area contributed by atoms with E-state index in [-0.39, 0.29) is 24.7 Å². The van der Waals surface area contributed by atoms with Gasteiger partial charge in [0.2, 0.25) is 5.91 Å². The first-order chi connectivity index (χ1) is 11.6. The number of nitrogens with one attached hydrogen (secondary N) is 1. The fourth-order valence-corrected chi connectivity index (χ4v) is 2.86. The summed E-state index contributed by atoms with van der Waals surface area (Å²) in [4.78, 5) is 36.5. The number of thiophene rings is 1. The summed E-state index contributed by atoms with van der Waals surface area (Å²) < 4.78 is 4.97. The van der Waals surface area contributed by atoms with E-state index in [0.29, 0.717) is 29.0 Å². The fourth-order valence-electron chi connectivity index (χ4n) is 2.16. The first kappa shape index (κ1) is 17.9. The van der Waals surface area contributed by atoms with Gasteiger partial charge in [0.1, 0.15) is 0 Å². The lowest BCUT2D eigenvalue weighted by Crippen LogP contribution is -2.15. The highest BCUT2D eigenvalue weighted by Gasteiger charge is 2.14. The highest BCUT2D eigenvalue weighted by molar-refractivity contribution is 7.12. The van der Waals surface area contributed by atoms with E-state index in [1.165, 1.54) is 11.3 Å². The molecule has 0 saturated heterocycles. The zero-order chi connectivity index (χ0) is 17.4. The standard InChI is InChI=1S/C18H19NO4S/c1-2-23-18(22)13-7-3-4-8-14(13)19-17(21)11-5-9-15(20)16-10-6-12-24-16/h3-4,6-8,10,12H,2,5,9,11H2,1H3,(H,19,21). The SMILES string of the molecule is CCOC(=O)c1ccccc1NC(=O)CCCC(=O)c1cccs1. The van der Waals surface area contributed by atoms with E-state index >= 15 is 0 Å². The Morgan fingerprint density at radius 2 is 1.88 bits per heavy atom. The summed E-state index contributed by atoms with van der Waals surface area (Å²) in [6.07, 6.45) is 1.01. The average Bonchev–Trinajstić information content (AvgIpc) is 3.10. The minimum Gasteiger partial charge on any atom is -0.462 e. The number of para-hydroxylation sites is 1. The van der Waals surface area contributed by atoms with Gasteiger partial charge in [-0.1, -0.05) is 18.2 Å². The lowest BCUT2D eigenvalue weighted by atomic mass is 10.1. The molecule has 2 aromatic rings. The van der Waals surface area contributed by atoms with Crippen LogP contribution in [0.2, 0.25) is 0 Å². The summed E-state index contributed by atoms with van der Waals surface area (Å²) in [6, 6.07) is 10.3. The van der Waals surface area contributed by atoms with Crippen LogP contribution in [0.1, 0.15) is 46.2 Å². The van der Waals surface area contributed by atoms with Gasteiger partial charge in [0.15, 0.2) is 5.78 Å². The monoisotopic (exact) mass is 345 g/mol. The van der Waals surface area contributed by atoms with Crippen LogP contribution in [0.3, 0.4) is 0 Å². The minimum absolute atomic E-state index is 0.0460. The number of ether oxygens (including phenoxy) is 1. The molecule has 1 aromatic heterocycles. The van der Waals surface area contributed by atoms with Crippen LogP contribution in [0.5, 0.6) is 0 Å². The summed E-state index contributed by atoms with van der Waals surface area (Å²) in [6.45, 7) is 2.00. The van der Waals surface area contributed by atoms with Gasteiger partial charge in [-0.05, 0) is 36.9 Å². The van der Waals surface area contributed by atoms with Crippen LogP contribution in [-0.4, -0.2) is 24.3 Å². The van der Waals surface area contributed by atoms with E-state index in [9.17, 15) is 14.4 Å². The van der Waals surface area contributed by atoms with Crippen LogP contribution in [0.15, 0.2) is 41.8 Å². The van der Waals surface area contributed by atoms with Crippen molar-refractivity contribution in [3.05, 3.63) is 52.2 Å². The zero-order valence-corrected chi connectivity index (χ0v) is 14.2. The third kappa shape index (κ3) is 5.03. The first-order valence-electron chi connectivity index (χ1n) is 7.74. The lowest BCUT2D eigenvalue weighted by Gasteiger charge is -2.10. The third-order valence-corrected chi connectivity index (χ3v) is 4.21. The topological polar surface area (TPSA) is 72.5 Å². The number of amides is 1. The van der Waals surface area contributed by atoms with Crippen molar-refractivity contribution < 1.29 is 19.1 Å². The minimum atomic E-state index is -0.471. The van der Waals surface area contributed by atoms with Gasteiger partial charge < -0.3 is 10.1 Å². The van der Waals surface area contributed by atoms with Gasteiger partial charge in [0, 0.05) is 12.8 Å². The Kier molecular flexibility index (Phi) is 6.69. The number of hydrogen-bond donors (Lipinski definition) is 1. The maximum atomic E-state index is 12.0. The van der Waals surface area contributed by atoms with Crippen molar-refractivity contribution in [1.82, 2.24) is 0 Å². The van der Waals surface area contributed by atoms with Crippen LogP contribution >= 0.6 is 11.3 Å². The molecule has 126 valence electrons. The van der Waals surface area contributed by atoms with Crippen molar-refractivity contribution in [1.29, 1.82) is 0 Å². The number of esters is 1. The number of ketones is 1. The van der Waals surface area contributed by atoms with Gasteiger partial charge in [0.25, 0.3) is 0 Å². The van der Waals surface area contributed by atoms with Gasteiger partial charge in [-0.15, -0.1) is 11.3 Å². The molecule has 0 atom stereocenters. The average molecular weight is 345 g/mol. The predicted octanol–water partition coefficient (Wildman–Crippen LogP) is 3.92. The molecule has 24 heavy (non-hydrogen) atoms. The van der Waals surface area contributed by atoms with Crippen molar-refractivity contribution in [2.45, 2.75) is 26.2 Å². The van der Waals surface area contributed by atoms with Crippen molar-refractivity contribution in [2.75, 3.05) is 11.9 Å². The molecule has 0 fully saturated rings. The van der Waals surface area contributed by atoms with Crippen molar-refractivity contribution >= 4 is 34.7 Å². The Morgan fingerprint density at radius 3 is 2.58 bits per heavy atom. The molecular formula is C18H19NO4S. The Morgan fingerprint density at radius 1 is 1.08 bits per heavy atom. The highest BCUT2D eigenvalue weighted by atomic mass is 32.1. The smallest absolute Gasteiger partial charge is 0.340 e. The normalized spacial score (nSPS) is 10.2. The molecule has 0 aliphatic rings. The van der Waals surface area contributed by atoms with Crippen LogP contribution in [-0.2, 0) is 9.53 Å². The van der Waals surface area contributed by atoms with Crippen molar-refractivity contribution in [3.8, 4) is 0 Å². The van der Waals surface area contributed by atoms with Gasteiger partial charge in [-0.3, -0.25) is 9.59 Å². The van der Waals surface area contributed by atoms with Gasteiger partial charge in [-0.25, -0.2) is 4.79 Å². The van der Waals surface area contributed by atoms with Crippen molar-refractivity contribution in [3.63, 3.8) is 0 Å². The number of anilines is 1. The van der Waals surface area contributed by atoms with Crippen LogP contribution in [0.4, 0.5) is 5.69 Å². The van der Waals surface area contributed by atoms with Gasteiger partial charge in [0.05, 0.1) is 22.7 Å². The first-order valence-corrected chi connectivity index (χ1v) is 8.62. The molecule has 1 heterocycles. The molecule has 0 bridgehead atoms. The molecule has 1 N–H and O–H groups in total. The fraction of sp³-hybridized carbons (Fsp3) is 0.278. The number of Topliss-reactive ketones (excluding diaryl/α,β-unsaturated/α-hetero) is 1. The molecule has 5 nitrogen and oxygen atoms in total. The third-order valence-electron chi connectivity index (χ3n) is 3.30. The molecular weight excluding hydrogens is 326 g/mol. The summed E-state index contributed by atoms with van der Waals surface area (Å²) >= 11 is 1.40. The summed E-state index contributed by atoms with van der Waals surface area (Å²) in [5.74, 6) is -0.656. The highest BCUT2D eigenvalue weighted by Crippen LogP contribution is 2.17. The van der Waals surface area contributed by atoms with Crippen LogP contribution < -0.4 is 5.32 Å². The number of hydrogen-bond acceptors (Lipinski definition) is 5. The Labute approximate surface area is 144 Å². The van der Waals surface area contributed by atoms with Crippen molar-refractivity contribution in [2.24, 2.45) is 0 Å². The second-order valence-corrected chi connectivity index (χ2v) is 6.02. The largest absolute Gasteiger partial charge is 0.462 e. The van der Waals surface area contributed by atoms with Crippen LogP contribution in [0.25, 0.3) is 0 Å². The van der Waals surface area contributed by atoms with E-state index in [1.54, 1.807) is 37.3 Å². The Hall–Kier alpha value is -2.47. The maximum Gasteiger partial charge on any atom is 0.340 e. The Balaban J connectivity index is 1.86. The number of benzene rings is 1. The van der Waals surface area contributed by atoms with E-state index in [1.807, 2.05) is 11.4 Å². The summed E-state index contributed by atoms with van der Waals surface area (Å²) in [7, 11) is 0. The molecule has 6 heteroatoms. The zero-order valence-electron chi connectivity index (χ0n) is 13.4. The van der Waals surface area contributed by atoms with E-state index in [4.69, 9.17) is 4.74 Å². The van der Waals surface area contributed by atoms with Gasteiger partial charge in [-0.2, -0.15) is 0 Å². The molecule has 1 amide bonds. The second kappa shape index (κ2) is 8.98. The number of rotatable bonds is 8. The molecule has 0 unspecified atom stereocenters. The van der Waals surface area contributed by atoms with E-state index < -0.39 is 5.97 Å². The molecule has 1 aromatic carbocycles. The molecule has 0 aliphatic carbocycles. The summed E-state index contributed by atoms with van der Waals surface area (Å²) in [5, 5.41) is 4.56. The Bertz CT molecular complexity index is 710. The molecule has 0 spiro atoms. The quantitative estimate of drug-likeness (QED) is 0.581. The summed E-state index contributed by atoms with van der Waals surface area (Å²) in [5.41, 5.74) is 0.743. The van der Waals surface area contributed by atoms with Gasteiger partial charge >= 0.3 is 5.97 Å². The maximum absolute atomic E-state index is 12.0. The molecule has 2 rings (SSSR count). The molecule has 0 aliphatic heterocycles. The van der Waals surface area contributed by atoms with E-state index in [0.717, 1.165) is 0 Å². The van der Waals surface area contributed by atoms with Crippen LogP contribution in [0, 0.1) is 0 Å². The lowest BCUT2D eigenvalue weighted by molar-refractivity contribution is -0.116. The molecule has 0 saturated carbocycles. The van der Waals surface area contributed by atoms with E-state index in [2.05, 4.69) is 5.32 Å². The number of carbonyl (C=O) groups excluding carboxylic acids is 3. The molecule has 0 radical (unpaired) electrons. The number of carbonyl (C=O) groups is 3. The second-order valence-electron chi connectivity index (χ2n) is 5.07. The predicted molar refractivity (Wildman–Crippen MR) is 93.5 cm³/mol.